The molecule has 0 aliphatic carbocycles. The van der Waals surface area contributed by atoms with Crippen LogP contribution in [-0.4, -0.2) is 54.5 Å². The first kappa shape index (κ1) is 24.7. The molecule has 1 saturated heterocycles. The average Bonchev–Trinajstić information content (AvgIpc) is 3.10. The maximum absolute atomic E-state index is 5.67. The van der Waals surface area contributed by atoms with Gasteiger partial charge >= 0.3 is 0 Å². The Bertz CT molecular complexity index is 812. The lowest BCUT2D eigenvalue weighted by Gasteiger charge is -2.39. The molecular weight excluding hydrogens is 489 g/mol. The minimum absolute atomic E-state index is 0. The van der Waals surface area contributed by atoms with Crippen LogP contribution in [0.25, 0.3) is 0 Å². The van der Waals surface area contributed by atoms with Crippen LogP contribution in [0.15, 0.2) is 41.5 Å². The molecule has 0 radical (unpaired) electrons. The Morgan fingerprint density at radius 3 is 2.53 bits per heavy atom. The van der Waals surface area contributed by atoms with Crippen LogP contribution in [0.5, 0.6) is 0 Å². The standard InChI is InChI=1S/C23H35N5O.HI/c1-18(2)21-19(16-28(5)26-21)15-27(4)22(24-3)25-17-23(11-13-29-14-12-23)20-9-7-6-8-10-20;/h6-10,16,18H,11-15,17H2,1-5H3,(H,24,25);1H. The Hall–Kier alpha value is -1.61. The first-order valence-corrected chi connectivity index (χ1v) is 10.5. The van der Waals surface area contributed by atoms with Crippen LogP contribution < -0.4 is 5.32 Å². The molecule has 2 aromatic rings. The largest absolute Gasteiger partial charge is 0.381 e. The fourth-order valence-electron chi connectivity index (χ4n) is 4.25. The lowest BCUT2D eigenvalue weighted by molar-refractivity contribution is 0.0512. The molecule has 1 N–H and O–H groups in total. The second kappa shape index (κ2) is 11.1. The van der Waals surface area contributed by atoms with Crippen molar-refractivity contribution in [2.75, 3.05) is 33.9 Å². The van der Waals surface area contributed by atoms with Gasteiger partial charge in [0, 0.05) is 64.6 Å². The van der Waals surface area contributed by atoms with Gasteiger partial charge < -0.3 is 15.0 Å². The molecule has 6 nitrogen and oxygen atoms in total. The summed E-state index contributed by atoms with van der Waals surface area (Å²) in [6.07, 6.45) is 4.15. The summed E-state index contributed by atoms with van der Waals surface area (Å²) < 4.78 is 7.57. The van der Waals surface area contributed by atoms with Crippen molar-refractivity contribution in [3.63, 3.8) is 0 Å². The minimum Gasteiger partial charge on any atom is -0.381 e. The van der Waals surface area contributed by atoms with Gasteiger partial charge in [0.05, 0.1) is 5.69 Å². The minimum atomic E-state index is 0. The molecule has 1 aromatic carbocycles. The Morgan fingerprint density at radius 2 is 1.93 bits per heavy atom. The molecule has 0 amide bonds. The van der Waals surface area contributed by atoms with Crippen LogP contribution in [0.2, 0.25) is 0 Å². The number of aryl methyl sites for hydroxylation is 1. The molecule has 1 aromatic heterocycles. The van der Waals surface area contributed by atoms with Crippen LogP contribution in [0.1, 0.15) is 49.4 Å². The molecule has 2 heterocycles. The fourth-order valence-corrected chi connectivity index (χ4v) is 4.25. The van der Waals surface area contributed by atoms with Gasteiger partial charge in [-0.25, -0.2) is 0 Å². The molecule has 7 heteroatoms. The molecular formula is C23H36IN5O. The van der Waals surface area contributed by atoms with Crippen molar-refractivity contribution in [2.45, 2.75) is 44.6 Å². The van der Waals surface area contributed by atoms with Crippen molar-refractivity contribution in [2.24, 2.45) is 12.0 Å². The van der Waals surface area contributed by atoms with Gasteiger partial charge in [0.2, 0.25) is 0 Å². The number of hydrogen-bond donors (Lipinski definition) is 1. The molecule has 0 spiro atoms. The van der Waals surface area contributed by atoms with Gasteiger partial charge in [-0.15, -0.1) is 24.0 Å². The van der Waals surface area contributed by atoms with E-state index in [1.165, 1.54) is 11.1 Å². The number of halogens is 1. The van der Waals surface area contributed by atoms with Crippen LogP contribution in [0.4, 0.5) is 0 Å². The predicted octanol–water partition coefficient (Wildman–Crippen LogP) is 3.92. The van der Waals surface area contributed by atoms with E-state index >= 15 is 0 Å². The van der Waals surface area contributed by atoms with Crippen molar-refractivity contribution >= 4 is 29.9 Å². The van der Waals surface area contributed by atoms with Crippen molar-refractivity contribution in [1.29, 1.82) is 0 Å². The molecule has 0 unspecified atom stereocenters. The van der Waals surface area contributed by atoms with Crippen LogP contribution in [0.3, 0.4) is 0 Å². The molecule has 166 valence electrons. The molecule has 0 atom stereocenters. The van der Waals surface area contributed by atoms with Crippen LogP contribution >= 0.6 is 24.0 Å². The highest BCUT2D eigenvalue weighted by molar-refractivity contribution is 14.0. The number of ether oxygens (including phenoxy) is 1. The van der Waals surface area contributed by atoms with Gasteiger partial charge in [-0.2, -0.15) is 5.10 Å². The summed E-state index contributed by atoms with van der Waals surface area (Å²) in [5.74, 6) is 1.31. The SMILES string of the molecule is CN=C(NCC1(c2ccccc2)CCOCC1)N(C)Cc1cn(C)nc1C(C)C.I. The molecule has 0 bridgehead atoms. The van der Waals surface area contributed by atoms with Gasteiger partial charge in [-0.05, 0) is 24.3 Å². The number of benzene rings is 1. The van der Waals surface area contributed by atoms with E-state index in [0.29, 0.717) is 5.92 Å². The number of aromatic nitrogens is 2. The number of guanidine groups is 1. The van der Waals surface area contributed by atoms with E-state index in [-0.39, 0.29) is 29.4 Å². The van der Waals surface area contributed by atoms with Crippen LogP contribution in [-0.2, 0) is 23.7 Å². The van der Waals surface area contributed by atoms with Gasteiger partial charge in [-0.1, -0.05) is 44.2 Å². The summed E-state index contributed by atoms with van der Waals surface area (Å²) in [4.78, 5) is 6.73. The maximum atomic E-state index is 5.67. The second-order valence-corrected chi connectivity index (χ2v) is 8.38. The lowest BCUT2D eigenvalue weighted by atomic mass is 9.74. The average molecular weight is 525 g/mol. The van der Waals surface area contributed by atoms with Gasteiger partial charge in [0.15, 0.2) is 5.96 Å². The number of rotatable bonds is 6. The zero-order valence-corrected chi connectivity index (χ0v) is 21.2. The van der Waals surface area contributed by atoms with E-state index in [2.05, 4.69) is 77.7 Å². The Kier molecular flexibility index (Phi) is 9.15. The Morgan fingerprint density at radius 1 is 1.27 bits per heavy atom. The molecule has 30 heavy (non-hydrogen) atoms. The van der Waals surface area contributed by atoms with E-state index in [1.54, 1.807) is 0 Å². The summed E-state index contributed by atoms with van der Waals surface area (Å²) in [6, 6.07) is 10.8. The summed E-state index contributed by atoms with van der Waals surface area (Å²) in [5.41, 5.74) is 3.85. The fraction of sp³-hybridized carbons (Fsp3) is 0.565. The summed E-state index contributed by atoms with van der Waals surface area (Å²) in [5, 5.41) is 8.28. The van der Waals surface area contributed by atoms with Gasteiger partial charge in [-0.3, -0.25) is 9.67 Å². The quantitative estimate of drug-likeness (QED) is 0.353. The highest BCUT2D eigenvalue weighted by Gasteiger charge is 2.34. The third-order valence-electron chi connectivity index (χ3n) is 5.89. The van der Waals surface area contributed by atoms with Gasteiger partial charge in [0.25, 0.3) is 0 Å². The molecule has 1 aliphatic rings. The van der Waals surface area contributed by atoms with Gasteiger partial charge in [0.1, 0.15) is 0 Å². The van der Waals surface area contributed by atoms with E-state index in [9.17, 15) is 0 Å². The zero-order valence-electron chi connectivity index (χ0n) is 18.9. The van der Waals surface area contributed by atoms with E-state index in [4.69, 9.17) is 4.74 Å². The van der Waals surface area contributed by atoms with Crippen LogP contribution in [0, 0.1) is 0 Å². The maximum Gasteiger partial charge on any atom is 0.193 e. The van der Waals surface area contributed by atoms with E-state index < -0.39 is 0 Å². The predicted molar refractivity (Wildman–Crippen MR) is 134 cm³/mol. The highest BCUT2D eigenvalue weighted by atomic mass is 127. The highest BCUT2D eigenvalue weighted by Crippen LogP contribution is 2.34. The third kappa shape index (κ3) is 5.75. The zero-order chi connectivity index (χ0) is 20.9. The Balaban J connectivity index is 0.00000320. The third-order valence-corrected chi connectivity index (χ3v) is 5.89. The van der Waals surface area contributed by atoms with E-state index in [0.717, 1.165) is 50.8 Å². The first-order valence-electron chi connectivity index (χ1n) is 10.5. The summed E-state index contributed by atoms with van der Waals surface area (Å²) >= 11 is 0. The van der Waals surface area contributed by atoms with Crippen molar-refractivity contribution in [1.82, 2.24) is 20.0 Å². The number of aliphatic imine (C=N–C) groups is 1. The summed E-state index contributed by atoms with van der Waals surface area (Å²) in [7, 11) is 5.92. The van der Waals surface area contributed by atoms with Crippen molar-refractivity contribution in [3.05, 3.63) is 53.3 Å². The number of hydrogen-bond acceptors (Lipinski definition) is 3. The van der Waals surface area contributed by atoms with Crippen molar-refractivity contribution in [3.8, 4) is 0 Å². The number of nitrogens with one attached hydrogen (secondary N) is 1. The second-order valence-electron chi connectivity index (χ2n) is 8.38. The first-order chi connectivity index (χ1) is 13.9. The molecule has 1 fully saturated rings. The molecule has 0 saturated carbocycles. The van der Waals surface area contributed by atoms with Crippen molar-refractivity contribution < 1.29 is 4.74 Å². The van der Waals surface area contributed by atoms with E-state index in [1.807, 2.05) is 18.8 Å². The number of nitrogens with zero attached hydrogens (tertiary/aromatic N) is 4. The molecule has 3 rings (SSSR count). The monoisotopic (exact) mass is 525 g/mol. The smallest absolute Gasteiger partial charge is 0.193 e. The molecule has 1 aliphatic heterocycles. The lowest BCUT2D eigenvalue weighted by Crippen LogP contribution is -2.48. The Labute approximate surface area is 198 Å². The topological polar surface area (TPSA) is 54.7 Å². The normalized spacial score (nSPS) is 16.3. The summed E-state index contributed by atoms with van der Waals surface area (Å²) in [6.45, 7) is 7.61.